The molecular formula is C12H13N5O4. The first kappa shape index (κ1) is 14.4. The molecule has 110 valence electrons. The Morgan fingerprint density at radius 2 is 2.29 bits per heavy atom. The predicted molar refractivity (Wildman–Crippen MR) is 73.0 cm³/mol. The molecule has 0 saturated heterocycles. The van der Waals surface area contributed by atoms with Gasteiger partial charge < -0.3 is 15.2 Å². The van der Waals surface area contributed by atoms with E-state index in [9.17, 15) is 14.9 Å². The Morgan fingerprint density at radius 3 is 2.90 bits per heavy atom. The van der Waals surface area contributed by atoms with Gasteiger partial charge in [0.25, 0.3) is 5.91 Å². The number of amides is 1. The first-order valence-corrected chi connectivity index (χ1v) is 6.12. The summed E-state index contributed by atoms with van der Waals surface area (Å²) in [6.07, 6.45) is 1.57. The van der Waals surface area contributed by atoms with Crippen molar-refractivity contribution in [2.75, 3.05) is 18.9 Å². The molecule has 0 fully saturated rings. The van der Waals surface area contributed by atoms with E-state index in [1.54, 1.807) is 13.1 Å². The molecule has 0 aliphatic rings. The maximum absolute atomic E-state index is 12.1. The largest absolute Gasteiger partial charge is 0.383 e. The van der Waals surface area contributed by atoms with Gasteiger partial charge in [0.2, 0.25) is 6.39 Å². The zero-order valence-electron chi connectivity index (χ0n) is 11.2. The number of anilines is 1. The van der Waals surface area contributed by atoms with E-state index in [0.29, 0.717) is 12.2 Å². The number of nitro benzene ring substituents is 1. The summed E-state index contributed by atoms with van der Waals surface area (Å²) in [6, 6.07) is 4.52. The number of rotatable bonds is 6. The number of hydrogen-bond acceptors (Lipinski definition) is 7. The van der Waals surface area contributed by atoms with Crippen molar-refractivity contribution in [2.45, 2.75) is 6.42 Å². The maximum Gasteiger partial charge on any atom is 0.305 e. The van der Waals surface area contributed by atoms with Crippen molar-refractivity contribution in [3.63, 3.8) is 0 Å². The Kier molecular flexibility index (Phi) is 4.44. The molecule has 0 spiro atoms. The fourth-order valence-corrected chi connectivity index (χ4v) is 1.81. The van der Waals surface area contributed by atoms with Crippen LogP contribution in [0.2, 0.25) is 0 Å². The number of aromatic nitrogens is 2. The van der Waals surface area contributed by atoms with E-state index in [-0.39, 0.29) is 23.5 Å². The molecule has 2 aromatic rings. The van der Waals surface area contributed by atoms with Crippen LogP contribution in [0.1, 0.15) is 16.2 Å². The maximum atomic E-state index is 12.1. The van der Waals surface area contributed by atoms with Gasteiger partial charge in [-0.2, -0.15) is 4.98 Å². The number of nitrogens with zero attached hydrogens (tertiary/aromatic N) is 3. The Balaban J connectivity index is 2.10. The van der Waals surface area contributed by atoms with Gasteiger partial charge in [-0.1, -0.05) is 11.2 Å². The van der Waals surface area contributed by atoms with E-state index in [1.807, 2.05) is 0 Å². The fourth-order valence-electron chi connectivity index (χ4n) is 1.81. The third-order valence-electron chi connectivity index (χ3n) is 2.77. The monoisotopic (exact) mass is 291 g/mol. The van der Waals surface area contributed by atoms with Crippen LogP contribution < -0.4 is 10.6 Å². The van der Waals surface area contributed by atoms with Crippen molar-refractivity contribution in [3.8, 4) is 0 Å². The minimum atomic E-state index is -0.583. The summed E-state index contributed by atoms with van der Waals surface area (Å²) in [7, 11) is 1.56. The van der Waals surface area contributed by atoms with E-state index < -0.39 is 10.8 Å². The molecule has 0 radical (unpaired) electrons. The molecule has 1 amide bonds. The number of nitrogens with one attached hydrogen (secondary N) is 2. The number of para-hydroxylation sites is 1. The highest BCUT2D eigenvalue weighted by Crippen LogP contribution is 2.28. The van der Waals surface area contributed by atoms with E-state index in [1.165, 1.54) is 18.5 Å². The Labute approximate surface area is 119 Å². The highest BCUT2D eigenvalue weighted by atomic mass is 16.6. The lowest BCUT2D eigenvalue weighted by molar-refractivity contribution is -0.384. The van der Waals surface area contributed by atoms with Gasteiger partial charge in [-0.3, -0.25) is 14.9 Å². The Hall–Kier alpha value is -2.97. The summed E-state index contributed by atoms with van der Waals surface area (Å²) in [5, 5.41) is 20.0. The molecule has 0 bridgehead atoms. The molecule has 0 aliphatic heterocycles. The van der Waals surface area contributed by atoms with Crippen LogP contribution in [0.25, 0.3) is 0 Å². The molecule has 1 heterocycles. The Bertz CT molecular complexity index is 641. The lowest BCUT2D eigenvalue weighted by Crippen LogP contribution is -2.26. The average Bonchev–Trinajstić information content (AvgIpc) is 2.99. The SMILES string of the molecule is CNc1cccc(C(=O)NCCc2ncon2)c1[N+](=O)[O-]. The quantitative estimate of drug-likeness (QED) is 0.600. The number of benzene rings is 1. The predicted octanol–water partition coefficient (Wildman–Crippen LogP) is 0.992. The minimum Gasteiger partial charge on any atom is -0.383 e. The van der Waals surface area contributed by atoms with Gasteiger partial charge in [-0.25, -0.2) is 0 Å². The van der Waals surface area contributed by atoms with Crippen molar-refractivity contribution >= 4 is 17.3 Å². The van der Waals surface area contributed by atoms with Crippen LogP contribution in [0.4, 0.5) is 11.4 Å². The highest BCUT2D eigenvalue weighted by molar-refractivity contribution is 6.00. The standard InChI is InChI=1S/C12H13N5O4/c1-13-9-4-2-3-8(11(9)17(19)20)12(18)14-6-5-10-15-7-21-16-10/h2-4,7,13H,5-6H2,1H3,(H,14,18). The highest BCUT2D eigenvalue weighted by Gasteiger charge is 2.23. The third kappa shape index (κ3) is 3.32. The van der Waals surface area contributed by atoms with Gasteiger partial charge in [0, 0.05) is 20.0 Å². The topological polar surface area (TPSA) is 123 Å². The summed E-state index contributed by atoms with van der Waals surface area (Å²) >= 11 is 0. The zero-order valence-corrected chi connectivity index (χ0v) is 11.2. The summed E-state index contributed by atoms with van der Waals surface area (Å²) in [6.45, 7) is 0.249. The van der Waals surface area contributed by atoms with Gasteiger partial charge in [0.1, 0.15) is 11.3 Å². The second-order valence-corrected chi connectivity index (χ2v) is 4.06. The van der Waals surface area contributed by atoms with Crippen LogP contribution in [0.5, 0.6) is 0 Å². The average molecular weight is 291 g/mol. The molecule has 0 saturated carbocycles. The molecule has 0 atom stereocenters. The summed E-state index contributed by atoms with van der Waals surface area (Å²) < 4.78 is 4.57. The molecule has 2 rings (SSSR count). The van der Waals surface area contributed by atoms with Gasteiger partial charge in [-0.15, -0.1) is 0 Å². The van der Waals surface area contributed by atoms with Crippen LogP contribution in [0.15, 0.2) is 29.1 Å². The van der Waals surface area contributed by atoms with Gasteiger partial charge in [0.15, 0.2) is 5.82 Å². The molecule has 9 heteroatoms. The fraction of sp³-hybridized carbons (Fsp3) is 0.250. The third-order valence-corrected chi connectivity index (χ3v) is 2.77. The molecule has 0 aliphatic carbocycles. The van der Waals surface area contributed by atoms with Gasteiger partial charge in [-0.05, 0) is 12.1 Å². The molecule has 1 aromatic heterocycles. The van der Waals surface area contributed by atoms with E-state index in [2.05, 4.69) is 25.3 Å². The number of hydrogen-bond donors (Lipinski definition) is 2. The van der Waals surface area contributed by atoms with Gasteiger partial charge in [0.05, 0.1) is 4.92 Å². The van der Waals surface area contributed by atoms with Crippen molar-refractivity contribution in [3.05, 3.63) is 46.1 Å². The van der Waals surface area contributed by atoms with E-state index >= 15 is 0 Å². The summed E-state index contributed by atoms with van der Waals surface area (Å²) in [5.74, 6) is -0.0731. The Morgan fingerprint density at radius 1 is 1.48 bits per heavy atom. The number of carbonyl (C=O) groups excluding carboxylic acids is 1. The zero-order chi connectivity index (χ0) is 15.2. The molecule has 9 nitrogen and oxygen atoms in total. The smallest absolute Gasteiger partial charge is 0.305 e. The summed E-state index contributed by atoms with van der Waals surface area (Å²) in [4.78, 5) is 26.4. The molecule has 2 N–H and O–H groups in total. The number of carbonyl (C=O) groups is 1. The van der Waals surface area contributed by atoms with E-state index in [4.69, 9.17) is 0 Å². The van der Waals surface area contributed by atoms with Crippen molar-refractivity contribution in [1.82, 2.24) is 15.5 Å². The first-order chi connectivity index (χ1) is 10.1. The molecule has 0 unspecified atom stereocenters. The van der Waals surface area contributed by atoms with E-state index in [0.717, 1.165) is 0 Å². The van der Waals surface area contributed by atoms with Crippen LogP contribution in [-0.4, -0.2) is 34.6 Å². The van der Waals surface area contributed by atoms with Crippen molar-refractivity contribution in [2.24, 2.45) is 0 Å². The van der Waals surface area contributed by atoms with Crippen molar-refractivity contribution in [1.29, 1.82) is 0 Å². The molecule has 1 aromatic carbocycles. The normalized spacial score (nSPS) is 10.1. The second kappa shape index (κ2) is 6.46. The van der Waals surface area contributed by atoms with Crippen molar-refractivity contribution < 1.29 is 14.2 Å². The molecular weight excluding hydrogens is 278 g/mol. The number of nitro groups is 1. The molecule has 21 heavy (non-hydrogen) atoms. The minimum absolute atomic E-state index is 0.0000352. The van der Waals surface area contributed by atoms with Crippen LogP contribution in [0, 0.1) is 10.1 Å². The second-order valence-electron chi connectivity index (χ2n) is 4.06. The lowest BCUT2D eigenvalue weighted by atomic mass is 10.1. The van der Waals surface area contributed by atoms with Crippen LogP contribution >= 0.6 is 0 Å². The van der Waals surface area contributed by atoms with Gasteiger partial charge >= 0.3 is 5.69 Å². The lowest BCUT2D eigenvalue weighted by Gasteiger charge is -2.07. The van der Waals surface area contributed by atoms with Crippen LogP contribution in [0.3, 0.4) is 0 Å². The van der Waals surface area contributed by atoms with Crippen LogP contribution in [-0.2, 0) is 6.42 Å². The first-order valence-electron chi connectivity index (χ1n) is 6.12. The summed E-state index contributed by atoms with van der Waals surface area (Å²) in [5.41, 5.74) is 0.0304.